The number of hydrogen-bond acceptors (Lipinski definition) is 5. The minimum atomic E-state index is -4.28. The second-order valence-electron chi connectivity index (χ2n) is 8.39. The van der Waals surface area contributed by atoms with Crippen LogP contribution in [0.25, 0.3) is 0 Å². The fraction of sp³-hybridized carbons (Fsp3) is 0.125. The van der Waals surface area contributed by atoms with Crippen molar-refractivity contribution in [3.05, 3.63) is 94.7 Å². The van der Waals surface area contributed by atoms with Gasteiger partial charge in [0, 0.05) is 49.2 Å². The molecule has 4 aromatic rings. The van der Waals surface area contributed by atoms with Crippen LogP contribution in [0.4, 0.5) is 24.7 Å². The first-order valence-corrected chi connectivity index (χ1v) is 12.6. The fourth-order valence-electron chi connectivity index (χ4n) is 4.09. The zero-order valence-corrected chi connectivity index (χ0v) is 20.2. The smallest absolute Gasteiger partial charge is 0.261 e. The van der Waals surface area contributed by atoms with Gasteiger partial charge in [0.05, 0.1) is 21.7 Å². The standard InChI is InChI=1S/C24H19F3N6O4S/c25-14-8-15(26)10-16(9-14)38(36,37)33-7-5-19-17(12-33)22(32-31-19)30-24(35)21-18(27)2-1-3-20(21)29-23(34)13-4-6-28-11-13/h1-4,6,8-11,28H,5,7,12H2,(H,29,34)(H2,30,31,32,35). The number of amides is 2. The van der Waals surface area contributed by atoms with Gasteiger partial charge in [0.2, 0.25) is 10.0 Å². The molecule has 2 aromatic carbocycles. The van der Waals surface area contributed by atoms with Gasteiger partial charge >= 0.3 is 0 Å². The van der Waals surface area contributed by atoms with Gasteiger partial charge in [-0.3, -0.25) is 14.7 Å². The van der Waals surface area contributed by atoms with Crippen LogP contribution in [0.3, 0.4) is 0 Å². The molecule has 2 aromatic heterocycles. The number of fused-ring (bicyclic) bond motifs is 1. The molecule has 1 aliphatic heterocycles. The summed E-state index contributed by atoms with van der Waals surface area (Å²) in [4.78, 5) is 27.7. The first-order chi connectivity index (χ1) is 18.1. The lowest BCUT2D eigenvalue weighted by atomic mass is 10.1. The molecular weight excluding hydrogens is 525 g/mol. The predicted molar refractivity (Wildman–Crippen MR) is 129 cm³/mol. The number of anilines is 2. The second-order valence-corrected chi connectivity index (χ2v) is 10.3. The Morgan fingerprint density at radius 1 is 1.00 bits per heavy atom. The minimum absolute atomic E-state index is 0.00824. The third-order valence-corrected chi connectivity index (χ3v) is 7.78. The molecule has 0 aliphatic carbocycles. The quantitative estimate of drug-likeness (QED) is 0.295. The number of carbonyl (C=O) groups excluding carboxylic acids is 2. The number of nitrogens with zero attached hydrogens (tertiary/aromatic N) is 2. The van der Waals surface area contributed by atoms with E-state index in [1.165, 1.54) is 30.6 Å². The van der Waals surface area contributed by atoms with Crippen LogP contribution < -0.4 is 10.6 Å². The topological polar surface area (TPSA) is 140 Å². The summed E-state index contributed by atoms with van der Waals surface area (Å²) in [6, 6.07) is 7.23. The highest BCUT2D eigenvalue weighted by Crippen LogP contribution is 2.30. The van der Waals surface area contributed by atoms with Crippen molar-refractivity contribution in [2.45, 2.75) is 17.9 Å². The first-order valence-electron chi connectivity index (χ1n) is 11.2. The SMILES string of the molecule is O=C(Nc1cccc(F)c1C(=O)Nc1n[nH]c2c1CN(S(=O)(=O)c1cc(F)cc(F)c1)CC2)c1cc[nH]c1. The van der Waals surface area contributed by atoms with Crippen molar-refractivity contribution in [3.8, 4) is 0 Å². The van der Waals surface area contributed by atoms with Crippen molar-refractivity contribution in [2.24, 2.45) is 0 Å². The molecule has 0 radical (unpaired) electrons. The van der Waals surface area contributed by atoms with Crippen molar-refractivity contribution in [1.82, 2.24) is 19.5 Å². The van der Waals surface area contributed by atoms with Crippen LogP contribution >= 0.6 is 0 Å². The van der Waals surface area contributed by atoms with E-state index in [2.05, 4.69) is 25.8 Å². The Morgan fingerprint density at radius 3 is 2.47 bits per heavy atom. The lowest BCUT2D eigenvalue weighted by molar-refractivity contribution is 0.102. The van der Waals surface area contributed by atoms with Crippen molar-refractivity contribution in [1.29, 1.82) is 0 Å². The molecule has 0 spiro atoms. The van der Waals surface area contributed by atoms with Crippen LogP contribution in [-0.4, -0.2) is 46.3 Å². The maximum absolute atomic E-state index is 14.7. The van der Waals surface area contributed by atoms with Gasteiger partial charge in [-0.25, -0.2) is 21.6 Å². The molecule has 5 rings (SSSR count). The molecule has 2 amide bonds. The summed E-state index contributed by atoms with van der Waals surface area (Å²) in [7, 11) is -4.28. The molecular formula is C24H19F3N6O4S. The van der Waals surface area contributed by atoms with Crippen LogP contribution in [-0.2, 0) is 23.0 Å². The second kappa shape index (κ2) is 9.79. The van der Waals surface area contributed by atoms with Crippen molar-refractivity contribution < 1.29 is 31.2 Å². The Morgan fingerprint density at radius 2 is 1.76 bits per heavy atom. The van der Waals surface area contributed by atoms with E-state index in [-0.39, 0.29) is 36.6 Å². The summed E-state index contributed by atoms with van der Waals surface area (Å²) in [5.74, 6) is -4.55. The summed E-state index contributed by atoms with van der Waals surface area (Å²) in [5, 5.41) is 11.7. The van der Waals surface area contributed by atoms with Gasteiger partial charge in [-0.2, -0.15) is 9.40 Å². The molecule has 10 nitrogen and oxygen atoms in total. The van der Waals surface area contributed by atoms with Gasteiger partial charge < -0.3 is 15.6 Å². The number of aromatic amines is 2. The summed E-state index contributed by atoms with van der Waals surface area (Å²) in [6.07, 6.45) is 3.14. The predicted octanol–water partition coefficient (Wildman–Crippen LogP) is 3.41. The molecule has 196 valence electrons. The largest absolute Gasteiger partial charge is 0.367 e. The number of halogens is 3. The molecule has 0 unspecified atom stereocenters. The van der Waals surface area contributed by atoms with E-state index in [9.17, 15) is 31.2 Å². The highest BCUT2D eigenvalue weighted by Gasteiger charge is 2.32. The van der Waals surface area contributed by atoms with E-state index >= 15 is 0 Å². The molecule has 0 bridgehead atoms. The van der Waals surface area contributed by atoms with E-state index < -0.39 is 49.7 Å². The van der Waals surface area contributed by atoms with E-state index in [0.717, 1.165) is 10.4 Å². The molecule has 4 N–H and O–H groups in total. The maximum atomic E-state index is 14.7. The fourth-order valence-corrected chi connectivity index (χ4v) is 5.55. The minimum Gasteiger partial charge on any atom is -0.367 e. The van der Waals surface area contributed by atoms with Crippen LogP contribution in [0.2, 0.25) is 0 Å². The number of carbonyl (C=O) groups is 2. The third kappa shape index (κ3) is 4.78. The lowest BCUT2D eigenvalue weighted by Crippen LogP contribution is -2.36. The first kappa shape index (κ1) is 25.2. The number of rotatable bonds is 6. The van der Waals surface area contributed by atoms with Crippen LogP contribution in [0, 0.1) is 17.5 Å². The van der Waals surface area contributed by atoms with Gasteiger partial charge in [-0.05, 0) is 30.3 Å². The maximum Gasteiger partial charge on any atom is 0.261 e. The number of nitrogens with one attached hydrogen (secondary N) is 4. The van der Waals surface area contributed by atoms with E-state index in [0.29, 0.717) is 29.5 Å². The summed E-state index contributed by atoms with van der Waals surface area (Å²) >= 11 is 0. The number of sulfonamides is 1. The van der Waals surface area contributed by atoms with Gasteiger partial charge in [0.15, 0.2) is 5.82 Å². The lowest BCUT2D eigenvalue weighted by Gasteiger charge is -2.26. The van der Waals surface area contributed by atoms with Crippen LogP contribution in [0.15, 0.2) is 59.8 Å². The zero-order chi connectivity index (χ0) is 27.0. The van der Waals surface area contributed by atoms with Crippen molar-refractivity contribution in [2.75, 3.05) is 17.2 Å². The summed E-state index contributed by atoms with van der Waals surface area (Å²) in [6.45, 7) is -0.276. The molecule has 0 saturated heterocycles. The average molecular weight is 545 g/mol. The van der Waals surface area contributed by atoms with Gasteiger partial charge in [0.25, 0.3) is 11.8 Å². The van der Waals surface area contributed by atoms with Crippen molar-refractivity contribution >= 4 is 33.3 Å². The highest BCUT2D eigenvalue weighted by molar-refractivity contribution is 7.89. The molecule has 0 saturated carbocycles. The third-order valence-electron chi connectivity index (χ3n) is 5.95. The van der Waals surface area contributed by atoms with Crippen LogP contribution in [0.5, 0.6) is 0 Å². The normalized spacial score (nSPS) is 13.7. The van der Waals surface area contributed by atoms with Crippen LogP contribution in [0.1, 0.15) is 32.0 Å². The van der Waals surface area contributed by atoms with E-state index in [1.807, 2.05) is 0 Å². The molecule has 1 aliphatic rings. The monoisotopic (exact) mass is 544 g/mol. The van der Waals surface area contributed by atoms with Gasteiger partial charge in [-0.15, -0.1) is 0 Å². The molecule has 14 heteroatoms. The average Bonchev–Trinajstić information content (AvgIpc) is 3.54. The zero-order valence-electron chi connectivity index (χ0n) is 19.4. The molecule has 38 heavy (non-hydrogen) atoms. The Balaban J connectivity index is 1.39. The highest BCUT2D eigenvalue weighted by atomic mass is 32.2. The van der Waals surface area contributed by atoms with E-state index in [4.69, 9.17) is 0 Å². The Hall–Kier alpha value is -4.43. The van der Waals surface area contributed by atoms with E-state index in [1.54, 1.807) is 0 Å². The number of aromatic nitrogens is 3. The Kier molecular flexibility index (Phi) is 6.50. The van der Waals surface area contributed by atoms with Gasteiger partial charge in [0.1, 0.15) is 17.5 Å². The Labute approximate surface area is 213 Å². The number of H-pyrrole nitrogens is 2. The Bertz CT molecular complexity index is 1630. The molecule has 0 fully saturated rings. The number of benzene rings is 2. The van der Waals surface area contributed by atoms with Crippen molar-refractivity contribution in [3.63, 3.8) is 0 Å². The number of hydrogen-bond donors (Lipinski definition) is 4. The summed E-state index contributed by atoms with van der Waals surface area (Å²) in [5.41, 5.74) is 0.562. The molecule has 3 heterocycles. The summed E-state index contributed by atoms with van der Waals surface area (Å²) < 4.78 is 69.2. The van der Waals surface area contributed by atoms with Gasteiger partial charge in [-0.1, -0.05) is 6.07 Å². The molecule has 0 atom stereocenters.